The topological polar surface area (TPSA) is 67.5 Å². The van der Waals surface area contributed by atoms with Crippen LogP contribution < -0.4 is 11.3 Å². The van der Waals surface area contributed by atoms with Crippen LogP contribution in [-0.2, 0) is 10.8 Å². The van der Waals surface area contributed by atoms with Crippen molar-refractivity contribution in [1.29, 1.82) is 0 Å². The number of hydrogen-bond donors (Lipinski definition) is 2. The molecule has 0 amide bonds. The van der Waals surface area contributed by atoms with Crippen LogP contribution in [0.5, 0.6) is 0 Å². The molecule has 44 valence electrons. The second-order valence-electron chi connectivity index (χ2n) is 1.16. The molecule has 1 heterocycles. The third-order valence-corrected chi connectivity index (χ3v) is 1.66. The minimum atomic E-state index is -1.13. The van der Waals surface area contributed by atoms with E-state index in [0.29, 0.717) is 5.17 Å². The number of nitrogens with zero attached hydrogens (tertiary/aromatic N) is 1. The lowest BCUT2D eigenvalue weighted by atomic mass is 11.0. The first kappa shape index (κ1) is 5.46. The molecular weight excluding hydrogens is 126 g/mol. The molecule has 0 aromatic carbocycles. The van der Waals surface area contributed by atoms with Crippen molar-refractivity contribution in [1.82, 2.24) is 5.43 Å². The highest BCUT2D eigenvalue weighted by Gasteiger charge is 2.06. The number of amidine groups is 1. The van der Waals surface area contributed by atoms with Gasteiger partial charge in [0.1, 0.15) is 10.8 Å². The van der Waals surface area contributed by atoms with Gasteiger partial charge in [-0.25, -0.2) is 15.0 Å². The lowest BCUT2D eigenvalue weighted by Crippen LogP contribution is -2.31. The van der Waals surface area contributed by atoms with Crippen molar-refractivity contribution >= 4 is 16.0 Å². The first-order valence-electron chi connectivity index (χ1n) is 1.96. The van der Waals surface area contributed by atoms with E-state index in [9.17, 15) is 4.21 Å². The highest BCUT2D eigenvalue weighted by molar-refractivity contribution is 8.03. The van der Waals surface area contributed by atoms with Crippen LogP contribution in [0.25, 0.3) is 0 Å². The van der Waals surface area contributed by atoms with Crippen LogP contribution in [0.3, 0.4) is 0 Å². The van der Waals surface area contributed by atoms with Crippen molar-refractivity contribution < 1.29 is 4.21 Å². The summed E-state index contributed by atoms with van der Waals surface area (Å²) in [6.07, 6.45) is 1.45. The van der Waals surface area contributed by atoms with E-state index in [4.69, 9.17) is 5.84 Å². The van der Waals surface area contributed by atoms with Crippen LogP contribution >= 0.6 is 0 Å². The molecule has 1 rings (SSSR count). The molecule has 5 heteroatoms. The van der Waals surface area contributed by atoms with Gasteiger partial charge in [-0.2, -0.15) is 0 Å². The lowest BCUT2D eigenvalue weighted by molar-refractivity contribution is 0.694. The summed E-state index contributed by atoms with van der Waals surface area (Å²) < 4.78 is 10.6. The van der Waals surface area contributed by atoms with Gasteiger partial charge in [0.25, 0.3) is 0 Å². The molecule has 0 aromatic rings. The summed E-state index contributed by atoms with van der Waals surface area (Å²) in [5, 5.41) is 1.76. The Morgan fingerprint density at radius 3 is 2.88 bits per heavy atom. The van der Waals surface area contributed by atoms with Crippen molar-refractivity contribution in [2.45, 2.75) is 0 Å². The third kappa shape index (κ3) is 0.775. The molecule has 8 heavy (non-hydrogen) atoms. The molecule has 0 radical (unpaired) electrons. The van der Waals surface area contributed by atoms with E-state index in [0.717, 1.165) is 0 Å². The minimum Gasteiger partial charge on any atom is -0.301 e. The summed E-state index contributed by atoms with van der Waals surface area (Å²) in [5.41, 5.74) is 2.20. The molecule has 1 unspecified atom stereocenters. The smallest absolute Gasteiger partial charge is 0.210 e. The fraction of sp³-hybridized carbons (Fsp3) is 0. The van der Waals surface area contributed by atoms with Gasteiger partial charge in [0.05, 0.1) is 0 Å². The average molecular weight is 131 g/mol. The predicted octanol–water partition coefficient (Wildman–Crippen LogP) is -0.961. The van der Waals surface area contributed by atoms with Crippen molar-refractivity contribution in [2.24, 2.45) is 10.8 Å². The van der Waals surface area contributed by atoms with Gasteiger partial charge in [-0.15, -0.1) is 0 Å². The monoisotopic (exact) mass is 131 g/mol. The number of hydrogen-bond acceptors (Lipinski definition) is 4. The van der Waals surface area contributed by atoms with E-state index in [-0.39, 0.29) is 0 Å². The van der Waals surface area contributed by atoms with Crippen LogP contribution in [0.1, 0.15) is 0 Å². The van der Waals surface area contributed by atoms with Gasteiger partial charge in [0.15, 0.2) is 0 Å². The standard InChI is InChI=1S/C3H5N3OS/c4-6-3-5-1-2-8(3)7/h1-2H,4H2,(H,5,6). The van der Waals surface area contributed by atoms with Crippen LogP contribution in [0, 0.1) is 0 Å². The molecule has 4 nitrogen and oxygen atoms in total. The normalized spacial score (nSPS) is 25.6. The Morgan fingerprint density at radius 1 is 1.88 bits per heavy atom. The maximum Gasteiger partial charge on any atom is 0.210 e. The number of aliphatic imine (C=N–C) groups is 1. The molecule has 1 atom stereocenters. The fourth-order valence-electron chi connectivity index (χ4n) is 0.365. The zero-order chi connectivity index (χ0) is 5.98. The highest BCUT2D eigenvalue weighted by atomic mass is 32.2. The number of nitrogens with two attached hydrogens (primary N) is 1. The molecule has 1 aliphatic heterocycles. The van der Waals surface area contributed by atoms with E-state index < -0.39 is 10.8 Å². The molecule has 0 saturated heterocycles. The van der Waals surface area contributed by atoms with Crippen LogP contribution in [0.4, 0.5) is 0 Å². The Labute approximate surface area is 48.9 Å². The summed E-state index contributed by atoms with van der Waals surface area (Å²) in [6.45, 7) is 0. The van der Waals surface area contributed by atoms with Crippen molar-refractivity contribution in [3.05, 3.63) is 11.6 Å². The SMILES string of the molecule is NNC1=NC=CS1=O. The summed E-state index contributed by atoms with van der Waals surface area (Å²) in [6, 6.07) is 0. The number of hydrazine groups is 1. The zero-order valence-corrected chi connectivity index (χ0v) is 4.81. The quantitative estimate of drug-likeness (QED) is 0.328. The number of rotatable bonds is 0. The van der Waals surface area contributed by atoms with Crippen LogP contribution in [0.2, 0.25) is 0 Å². The molecular formula is C3H5N3OS. The predicted molar refractivity (Wildman–Crippen MR) is 32.0 cm³/mol. The molecule has 0 fully saturated rings. The van der Waals surface area contributed by atoms with Gasteiger partial charge in [-0.3, -0.25) is 0 Å². The first-order valence-corrected chi connectivity index (χ1v) is 3.17. The molecule has 0 aliphatic carbocycles. The van der Waals surface area contributed by atoms with Gasteiger partial charge >= 0.3 is 0 Å². The second kappa shape index (κ2) is 2.06. The van der Waals surface area contributed by atoms with E-state index in [1.807, 2.05) is 0 Å². The largest absolute Gasteiger partial charge is 0.301 e. The Hall–Kier alpha value is -0.680. The summed E-state index contributed by atoms with van der Waals surface area (Å²) in [7, 11) is -1.13. The Kier molecular flexibility index (Phi) is 1.40. The van der Waals surface area contributed by atoms with Gasteiger partial charge in [-0.05, 0) is 0 Å². The molecule has 0 bridgehead atoms. The van der Waals surface area contributed by atoms with Gasteiger partial charge in [0, 0.05) is 11.6 Å². The average Bonchev–Trinajstić information content (AvgIpc) is 2.14. The molecule has 3 N–H and O–H groups in total. The van der Waals surface area contributed by atoms with Crippen LogP contribution in [0.15, 0.2) is 16.6 Å². The van der Waals surface area contributed by atoms with Crippen LogP contribution in [-0.4, -0.2) is 9.38 Å². The fourth-order valence-corrected chi connectivity index (χ4v) is 0.946. The third-order valence-electron chi connectivity index (χ3n) is 0.690. The summed E-state index contributed by atoms with van der Waals surface area (Å²) in [5.74, 6) is 4.91. The van der Waals surface area contributed by atoms with Gasteiger partial charge in [-0.1, -0.05) is 0 Å². The van der Waals surface area contributed by atoms with Crippen molar-refractivity contribution in [3.63, 3.8) is 0 Å². The van der Waals surface area contributed by atoms with Crippen molar-refractivity contribution in [3.8, 4) is 0 Å². The van der Waals surface area contributed by atoms with E-state index in [1.165, 1.54) is 11.6 Å². The zero-order valence-electron chi connectivity index (χ0n) is 4.00. The van der Waals surface area contributed by atoms with Gasteiger partial charge in [0.2, 0.25) is 5.17 Å². The Balaban J connectivity index is 2.73. The maximum absolute atomic E-state index is 10.6. The second-order valence-corrected chi connectivity index (χ2v) is 2.41. The van der Waals surface area contributed by atoms with Crippen molar-refractivity contribution in [2.75, 3.05) is 0 Å². The van der Waals surface area contributed by atoms with E-state index >= 15 is 0 Å². The molecule has 0 saturated carbocycles. The highest BCUT2D eigenvalue weighted by Crippen LogP contribution is 1.95. The molecule has 1 aliphatic rings. The Morgan fingerprint density at radius 2 is 2.62 bits per heavy atom. The summed E-state index contributed by atoms with van der Waals surface area (Å²) >= 11 is 0. The van der Waals surface area contributed by atoms with E-state index in [1.54, 1.807) is 0 Å². The number of nitrogens with one attached hydrogen (secondary N) is 1. The molecule has 0 spiro atoms. The maximum atomic E-state index is 10.6. The van der Waals surface area contributed by atoms with E-state index in [2.05, 4.69) is 10.4 Å². The van der Waals surface area contributed by atoms with Gasteiger partial charge < -0.3 is 5.43 Å². The minimum absolute atomic E-state index is 0.310. The first-order chi connectivity index (χ1) is 3.84. The summed E-state index contributed by atoms with van der Waals surface area (Å²) in [4.78, 5) is 3.64. The lowest BCUT2D eigenvalue weighted by Gasteiger charge is -1.91. The molecule has 0 aromatic heterocycles. The Bertz CT molecular complexity index is 173.